The third-order valence-electron chi connectivity index (χ3n) is 4.41. The zero-order valence-electron chi connectivity index (χ0n) is 14.3. The van der Waals surface area contributed by atoms with Gasteiger partial charge in [-0.3, -0.25) is 14.9 Å². The van der Waals surface area contributed by atoms with Crippen molar-refractivity contribution in [3.8, 4) is 0 Å². The molecule has 0 radical (unpaired) electrons. The van der Waals surface area contributed by atoms with E-state index in [-0.39, 0.29) is 23.2 Å². The second kappa shape index (κ2) is 8.41. The fraction of sp³-hybridized carbons (Fsp3) is 0.444. The van der Waals surface area contributed by atoms with Gasteiger partial charge in [0, 0.05) is 29.3 Å². The standard InChI is InChI=1S/C18H21NO6/c1-24-17-10-9-16(20)15(17)8-7-14(11-19(22)23)12-3-5-13(6-4-12)18(21)25-2/h3-6,14H,7-11H2,1-2H3. The highest BCUT2D eigenvalue weighted by Gasteiger charge is 2.26. The minimum absolute atomic E-state index is 0.0535. The lowest BCUT2D eigenvalue weighted by Crippen LogP contribution is -2.14. The lowest BCUT2D eigenvalue weighted by Gasteiger charge is -2.14. The van der Waals surface area contributed by atoms with Gasteiger partial charge in [0.25, 0.3) is 0 Å². The molecular formula is C18H21NO6. The van der Waals surface area contributed by atoms with Crippen LogP contribution in [-0.2, 0) is 14.3 Å². The number of rotatable bonds is 8. The molecule has 0 N–H and O–H groups in total. The van der Waals surface area contributed by atoms with Crippen molar-refractivity contribution in [1.29, 1.82) is 0 Å². The van der Waals surface area contributed by atoms with Gasteiger partial charge in [-0.05, 0) is 30.5 Å². The first-order valence-electron chi connectivity index (χ1n) is 8.05. The predicted octanol–water partition coefficient (Wildman–Crippen LogP) is 2.88. The highest BCUT2D eigenvalue weighted by atomic mass is 16.6. The Hall–Kier alpha value is -2.70. The fourth-order valence-corrected chi connectivity index (χ4v) is 3.06. The molecule has 7 heteroatoms. The van der Waals surface area contributed by atoms with E-state index in [4.69, 9.17) is 4.74 Å². The van der Waals surface area contributed by atoms with Crippen LogP contribution in [-0.4, -0.2) is 37.4 Å². The molecule has 1 aliphatic rings. The van der Waals surface area contributed by atoms with Gasteiger partial charge >= 0.3 is 5.97 Å². The van der Waals surface area contributed by atoms with Gasteiger partial charge in [0.1, 0.15) is 5.76 Å². The summed E-state index contributed by atoms with van der Waals surface area (Å²) in [6.45, 7) is -0.235. The van der Waals surface area contributed by atoms with Gasteiger partial charge in [0.15, 0.2) is 5.78 Å². The molecule has 0 amide bonds. The SMILES string of the molecule is COC(=O)c1ccc(C(CCC2=C(OC)CCC2=O)C[N+](=O)[O-])cc1. The Labute approximate surface area is 145 Å². The average Bonchev–Trinajstić information content (AvgIpc) is 2.97. The number of hydrogen-bond donors (Lipinski definition) is 0. The molecule has 0 saturated heterocycles. The quantitative estimate of drug-likeness (QED) is 0.407. The van der Waals surface area contributed by atoms with Gasteiger partial charge in [-0.25, -0.2) is 4.79 Å². The molecule has 0 spiro atoms. The fourth-order valence-electron chi connectivity index (χ4n) is 3.06. The molecule has 1 aromatic rings. The molecular weight excluding hydrogens is 326 g/mol. The van der Waals surface area contributed by atoms with E-state index in [2.05, 4.69) is 4.74 Å². The zero-order valence-corrected chi connectivity index (χ0v) is 14.3. The van der Waals surface area contributed by atoms with Crippen LogP contribution >= 0.6 is 0 Å². The normalized spacial score (nSPS) is 15.2. The second-order valence-corrected chi connectivity index (χ2v) is 5.89. The number of Topliss-reactive ketones (excluding diaryl/α,β-unsaturated/α-hetero) is 1. The number of esters is 1. The van der Waals surface area contributed by atoms with E-state index in [1.54, 1.807) is 24.3 Å². The van der Waals surface area contributed by atoms with Crippen molar-refractivity contribution in [2.24, 2.45) is 0 Å². The van der Waals surface area contributed by atoms with Crippen molar-refractivity contribution in [2.45, 2.75) is 31.6 Å². The Morgan fingerprint density at radius 1 is 1.24 bits per heavy atom. The highest BCUT2D eigenvalue weighted by molar-refractivity contribution is 5.98. The topological polar surface area (TPSA) is 95.7 Å². The van der Waals surface area contributed by atoms with Gasteiger partial charge in [0.2, 0.25) is 6.54 Å². The van der Waals surface area contributed by atoms with Crippen LogP contribution in [0.1, 0.15) is 47.5 Å². The molecule has 25 heavy (non-hydrogen) atoms. The molecule has 7 nitrogen and oxygen atoms in total. The van der Waals surface area contributed by atoms with Crippen molar-refractivity contribution in [2.75, 3.05) is 20.8 Å². The Bertz CT molecular complexity index is 692. The number of nitro groups is 1. The van der Waals surface area contributed by atoms with Gasteiger partial charge in [0.05, 0.1) is 19.8 Å². The average molecular weight is 347 g/mol. The van der Waals surface area contributed by atoms with Crippen LogP contribution in [0.2, 0.25) is 0 Å². The molecule has 0 heterocycles. The van der Waals surface area contributed by atoms with E-state index >= 15 is 0 Å². The number of benzene rings is 1. The van der Waals surface area contributed by atoms with Gasteiger partial charge in [-0.2, -0.15) is 0 Å². The monoisotopic (exact) mass is 347 g/mol. The molecule has 2 rings (SSSR count). The summed E-state index contributed by atoms with van der Waals surface area (Å²) in [5.41, 5.74) is 1.79. The first-order chi connectivity index (χ1) is 12.0. The minimum Gasteiger partial charge on any atom is -0.501 e. The van der Waals surface area contributed by atoms with Crippen LogP contribution < -0.4 is 0 Å². The number of hydrogen-bond acceptors (Lipinski definition) is 6. The van der Waals surface area contributed by atoms with Gasteiger partial charge in [-0.15, -0.1) is 0 Å². The maximum Gasteiger partial charge on any atom is 0.337 e. The van der Waals surface area contributed by atoms with E-state index < -0.39 is 5.97 Å². The molecule has 0 aliphatic heterocycles. The van der Waals surface area contributed by atoms with E-state index in [1.807, 2.05) is 0 Å². The summed E-state index contributed by atoms with van der Waals surface area (Å²) in [5.74, 6) is -0.0619. The smallest absolute Gasteiger partial charge is 0.337 e. The zero-order chi connectivity index (χ0) is 18.4. The largest absolute Gasteiger partial charge is 0.501 e. The lowest BCUT2D eigenvalue weighted by molar-refractivity contribution is -0.483. The summed E-state index contributed by atoms with van der Waals surface area (Å²) in [6, 6.07) is 6.58. The molecule has 0 aromatic heterocycles. The van der Waals surface area contributed by atoms with Gasteiger partial charge in [-0.1, -0.05) is 12.1 Å². The number of carbonyl (C=O) groups excluding carboxylic acids is 2. The predicted molar refractivity (Wildman–Crippen MR) is 89.9 cm³/mol. The van der Waals surface area contributed by atoms with Gasteiger partial charge < -0.3 is 9.47 Å². The van der Waals surface area contributed by atoms with E-state index in [0.717, 1.165) is 5.56 Å². The highest BCUT2D eigenvalue weighted by Crippen LogP contribution is 2.31. The number of ketones is 1. The Morgan fingerprint density at radius 2 is 1.92 bits per heavy atom. The Kier molecular flexibility index (Phi) is 6.27. The van der Waals surface area contributed by atoms with Crippen LogP contribution in [0.5, 0.6) is 0 Å². The summed E-state index contributed by atoms with van der Waals surface area (Å²) in [7, 11) is 2.83. The van der Waals surface area contributed by atoms with Crippen molar-refractivity contribution >= 4 is 11.8 Å². The van der Waals surface area contributed by atoms with E-state index in [1.165, 1.54) is 14.2 Å². The van der Waals surface area contributed by atoms with Crippen molar-refractivity contribution in [1.82, 2.24) is 0 Å². The van der Waals surface area contributed by atoms with Crippen LogP contribution in [0.25, 0.3) is 0 Å². The number of allylic oxidation sites excluding steroid dienone is 2. The van der Waals surface area contributed by atoms with Crippen molar-refractivity contribution in [3.05, 3.63) is 56.8 Å². The van der Waals surface area contributed by atoms with Crippen LogP contribution in [0.3, 0.4) is 0 Å². The Balaban J connectivity index is 2.15. The minimum atomic E-state index is -0.455. The molecule has 1 aromatic carbocycles. The maximum atomic E-state index is 11.9. The molecule has 1 atom stereocenters. The molecule has 1 aliphatic carbocycles. The molecule has 134 valence electrons. The van der Waals surface area contributed by atoms with Crippen LogP contribution in [0.4, 0.5) is 0 Å². The summed E-state index contributed by atoms with van der Waals surface area (Å²) in [6.07, 6.45) is 1.94. The summed E-state index contributed by atoms with van der Waals surface area (Å²) in [5, 5.41) is 11.0. The number of carbonyl (C=O) groups is 2. The number of ether oxygens (including phenoxy) is 2. The van der Waals surface area contributed by atoms with E-state index in [9.17, 15) is 19.7 Å². The maximum absolute atomic E-state index is 11.9. The molecule has 0 bridgehead atoms. The number of nitrogens with zero attached hydrogens (tertiary/aromatic N) is 1. The first-order valence-corrected chi connectivity index (χ1v) is 8.05. The van der Waals surface area contributed by atoms with Crippen LogP contribution in [0.15, 0.2) is 35.6 Å². The molecule has 0 saturated carbocycles. The number of methoxy groups -OCH3 is 2. The molecule has 1 unspecified atom stereocenters. The van der Waals surface area contributed by atoms with E-state index in [0.29, 0.717) is 42.6 Å². The summed E-state index contributed by atoms with van der Waals surface area (Å²) in [4.78, 5) is 34.1. The summed E-state index contributed by atoms with van der Waals surface area (Å²) >= 11 is 0. The van der Waals surface area contributed by atoms with Crippen molar-refractivity contribution < 1.29 is 24.0 Å². The third kappa shape index (κ3) is 4.65. The van der Waals surface area contributed by atoms with Crippen molar-refractivity contribution in [3.63, 3.8) is 0 Å². The second-order valence-electron chi connectivity index (χ2n) is 5.89. The Morgan fingerprint density at radius 3 is 2.48 bits per heavy atom. The third-order valence-corrected chi connectivity index (χ3v) is 4.41. The molecule has 0 fully saturated rings. The lowest BCUT2D eigenvalue weighted by atomic mass is 9.91. The first kappa shape index (κ1) is 18.6. The summed E-state index contributed by atoms with van der Waals surface area (Å²) < 4.78 is 9.89. The van der Waals surface area contributed by atoms with Crippen LogP contribution in [0, 0.1) is 10.1 Å².